The third-order valence-electron chi connectivity index (χ3n) is 2.17. The highest BCUT2D eigenvalue weighted by molar-refractivity contribution is 6.34. The Hall–Kier alpha value is -1.06. The smallest absolute Gasteiger partial charge is 0.192 e. The van der Waals surface area contributed by atoms with Crippen molar-refractivity contribution in [2.75, 3.05) is 0 Å². The Kier molecular flexibility index (Phi) is 2.67. The zero-order chi connectivity index (χ0) is 11.0. The van der Waals surface area contributed by atoms with Crippen molar-refractivity contribution in [3.05, 3.63) is 28.6 Å². The first-order chi connectivity index (χ1) is 7.06. The maximum atomic E-state index is 6.08. The van der Waals surface area contributed by atoms with Crippen LogP contribution in [0.5, 0.6) is 0 Å². The van der Waals surface area contributed by atoms with Gasteiger partial charge in [0.15, 0.2) is 11.5 Å². The first kappa shape index (κ1) is 10.5. The zero-order valence-electron chi connectivity index (χ0n) is 8.75. The van der Waals surface area contributed by atoms with Crippen LogP contribution in [0.25, 0.3) is 11.1 Å². The monoisotopic (exact) mass is 224 g/mol. The topological polar surface area (TPSA) is 52.0 Å². The molecule has 2 rings (SSSR count). The predicted molar refractivity (Wildman–Crippen MR) is 61.1 cm³/mol. The number of nitrogens with zero attached hydrogens (tertiary/aromatic N) is 1. The Balaban J connectivity index is 2.51. The van der Waals surface area contributed by atoms with E-state index < -0.39 is 0 Å². The van der Waals surface area contributed by atoms with E-state index in [2.05, 4.69) is 4.98 Å². The molecule has 1 atom stereocenters. The van der Waals surface area contributed by atoms with E-state index in [1.54, 1.807) is 0 Å². The summed E-state index contributed by atoms with van der Waals surface area (Å²) in [4.78, 5) is 4.25. The first-order valence-corrected chi connectivity index (χ1v) is 5.25. The predicted octanol–water partition coefficient (Wildman–Crippen LogP) is 2.68. The lowest BCUT2D eigenvalue weighted by atomic mass is 10.1. The number of benzene rings is 1. The normalized spacial score (nSPS) is 13.3. The van der Waals surface area contributed by atoms with Gasteiger partial charge in [-0.3, -0.25) is 0 Å². The molecule has 0 aliphatic rings. The molecule has 0 saturated heterocycles. The SMILES string of the molecule is Cc1nc2cc(CC(C)N)cc(Cl)c2o1. The lowest BCUT2D eigenvalue weighted by Crippen LogP contribution is -2.17. The average Bonchev–Trinajstić information content (AvgIpc) is 2.44. The molecule has 80 valence electrons. The van der Waals surface area contributed by atoms with Crippen LogP contribution in [0.4, 0.5) is 0 Å². The van der Waals surface area contributed by atoms with Crippen LogP contribution < -0.4 is 5.73 Å². The van der Waals surface area contributed by atoms with Crippen molar-refractivity contribution in [1.82, 2.24) is 4.98 Å². The highest BCUT2D eigenvalue weighted by atomic mass is 35.5. The summed E-state index contributed by atoms with van der Waals surface area (Å²) in [6.45, 7) is 3.77. The number of rotatable bonds is 2. The Labute approximate surface area is 93.2 Å². The molecule has 3 nitrogen and oxygen atoms in total. The van der Waals surface area contributed by atoms with Crippen molar-refractivity contribution in [1.29, 1.82) is 0 Å². The third kappa shape index (κ3) is 2.13. The van der Waals surface area contributed by atoms with Gasteiger partial charge in [-0.05, 0) is 31.0 Å². The lowest BCUT2D eigenvalue weighted by molar-refractivity contribution is 0.561. The van der Waals surface area contributed by atoms with E-state index in [0.29, 0.717) is 16.5 Å². The van der Waals surface area contributed by atoms with E-state index in [1.807, 2.05) is 26.0 Å². The molecular weight excluding hydrogens is 212 g/mol. The van der Waals surface area contributed by atoms with E-state index in [1.165, 1.54) is 0 Å². The van der Waals surface area contributed by atoms with Gasteiger partial charge < -0.3 is 10.2 Å². The summed E-state index contributed by atoms with van der Waals surface area (Å²) < 4.78 is 5.38. The molecule has 0 spiro atoms. The maximum absolute atomic E-state index is 6.08. The van der Waals surface area contributed by atoms with Crippen molar-refractivity contribution < 1.29 is 4.42 Å². The van der Waals surface area contributed by atoms with Crippen molar-refractivity contribution in [2.24, 2.45) is 5.73 Å². The third-order valence-corrected chi connectivity index (χ3v) is 2.45. The molecule has 2 N–H and O–H groups in total. The van der Waals surface area contributed by atoms with E-state index in [-0.39, 0.29) is 6.04 Å². The quantitative estimate of drug-likeness (QED) is 0.853. The minimum absolute atomic E-state index is 0.117. The molecule has 0 radical (unpaired) electrons. The van der Waals surface area contributed by atoms with Crippen LogP contribution in [0.15, 0.2) is 16.5 Å². The van der Waals surface area contributed by atoms with Gasteiger partial charge in [0.05, 0.1) is 5.02 Å². The van der Waals surface area contributed by atoms with E-state index in [4.69, 9.17) is 21.8 Å². The molecule has 1 unspecified atom stereocenters. The summed E-state index contributed by atoms with van der Waals surface area (Å²) in [5, 5.41) is 0.601. The average molecular weight is 225 g/mol. The number of hydrogen-bond acceptors (Lipinski definition) is 3. The Morgan fingerprint density at radius 2 is 2.27 bits per heavy atom. The van der Waals surface area contributed by atoms with Gasteiger partial charge in [0.2, 0.25) is 0 Å². The van der Waals surface area contributed by atoms with Crippen LogP contribution in [-0.2, 0) is 6.42 Å². The highest BCUT2D eigenvalue weighted by Crippen LogP contribution is 2.26. The van der Waals surface area contributed by atoms with Gasteiger partial charge in [-0.2, -0.15) is 0 Å². The molecule has 0 saturated carbocycles. The highest BCUT2D eigenvalue weighted by Gasteiger charge is 2.09. The molecule has 0 aliphatic heterocycles. The van der Waals surface area contributed by atoms with Gasteiger partial charge in [-0.15, -0.1) is 0 Å². The van der Waals surface area contributed by atoms with Gasteiger partial charge >= 0.3 is 0 Å². The van der Waals surface area contributed by atoms with Crippen LogP contribution in [0.3, 0.4) is 0 Å². The van der Waals surface area contributed by atoms with Crippen molar-refractivity contribution in [3.8, 4) is 0 Å². The number of fused-ring (bicyclic) bond motifs is 1. The van der Waals surface area contributed by atoms with Crippen LogP contribution in [0.1, 0.15) is 18.4 Å². The molecule has 15 heavy (non-hydrogen) atoms. The van der Waals surface area contributed by atoms with Crippen molar-refractivity contribution in [2.45, 2.75) is 26.3 Å². The lowest BCUT2D eigenvalue weighted by Gasteiger charge is -2.05. The van der Waals surface area contributed by atoms with Gasteiger partial charge in [-0.1, -0.05) is 11.6 Å². The minimum atomic E-state index is 0.117. The first-order valence-electron chi connectivity index (χ1n) is 4.87. The fourth-order valence-electron chi connectivity index (χ4n) is 1.65. The van der Waals surface area contributed by atoms with E-state index in [0.717, 1.165) is 17.5 Å². The molecule has 0 aliphatic carbocycles. The molecule has 1 heterocycles. The van der Waals surface area contributed by atoms with Crippen LogP contribution in [0, 0.1) is 6.92 Å². The number of aromatic nitrogens is 1. The molecular formula is C11H13ClN2O. The molecule has 4 heteroatoms. The second kappa shape index (κ2) is 3.83. The summed E-state index contributed by atoms with van der Waals surface area (Å²) in [5.41, 5.74) is 8.29. The number of halogens is 1. The molecule has 0 fully saturated rings. The Morgan fingerprint density at radius 3 is 2.93 bits per heavy atom. The van der Waals surface area contributed by atoms with Gasteiger partial charge in [0.25, 0.3) is 0 Å². The molecule has 2 aromatic rings. The zero-order valence-corrected chi connectivity index (χ0v) is 9.51. The largest absolute Gasteiger partial charge is 0.439 e. The summed E-state index contributed by atoms with van der Waals surface area (Å²) >= 11 is 6.08. The second-order valence-electron chi connectivity index (χ2n) is 3.84. The Morgan fingerprint density at radius 1 is 1.53 bits per heavy atom. The van der Waals surface area contributed by atoms with Gasteiger partial charge in [0, 0.05) is 13.0 Å². The molecule has 1 aromatic heterocycles. The van der Waals surface area contributed by atoms with E-state index in [9.17, 15) is 0 Å². The van der Waals surface area contributed by atoms with Crippen LogP contribution in [-0.4, -0.2) is 11.0 Å². The number of oxazole rings is 1. The fraction of sp³-hybridized carbons (Fsp3) is 0.364. The summed E-state index contributed by atoms with van der Waals surface area (Å²) in [6.07, 6.45) is 0.793. The van der Waals surface area contributed by atoms with Gasteiger partial charge in [0.1, 0.15) is 5.52 Å². The summed E-state index contributed by atoms with van der Waals surface area (Å²) in [7, 11) is 0. The summed E-state index contributed by atoms with van der Waals surface area (Å²) in [6, 6.07) is 3.98. The van der Waals surface area contributed by atoms with Crippen LogP contribution in [0.2, 0.25) is 5.02 Å². The summed E-state index contributed by atoms with van der Waals surface area (Å²) in [5.74, 6) is 0.629. The fourth-order valence-corrected chi connectivity index (χ4v) is 1.92. The molecule has 1 aromatic carbocycles. The number of hydrogen-bond donors (Lipinski definition) is 1. The number of aryl methyl sites for hydroxylation is 1. The second-order valence-corrected chi connectivity index (χ2v) is 4.25. The Bertz CT molecular complexity index is 491. The number of nitrogens with two attached hydrogens (primary N) is 1. The van der Waals surface area contributed by atoms with E-state index >= 15 is 0 Å². The maximum Gasteiger partial charge on any atom is 0.192 e. The minimum Gasteiger partial charge on any atom is -0.439 e. The molecule has 0 bridgehead atoms. The van der Waals surface area contributed by atoms with Crippen molar-refractivity contribution >= 4 is 22.7 Å². The van der Waals surface area contributed by atoms with Crippen LogP contribution >= 0.6 is 11.6 Å². The van der Waals surface area contributed by atoms with Gasteiger partial charge in [-0.25, -0.2) is 4.98 Å². The standard InChI is InChI=1S/C11H13ClN2O/c1-6(13)3-8-4-9(12)11-10(5-8)14-7(2)15-11/h4-6H,3,13H2,1-2H3. The van der Waals surface area contributed by atoms with Crippen molar-refractivity contribution in [3.63, 3.8) is 0 Å². The molecule has 0 amide bonds.